The SMILES string of the molecule is Cc1cc(Nc2nc(N3CCOC[C@H]3C)cc(C(C)(C)C#N)c2C=N)[nH]n1. The van der Waals surface area contributed by atoms with Gasteiger partial charge in [0.1, 0.15) is 17.5 Å². The van der Waals surface area contributed by atoms with Crippen LogP contribution in [0.1, 0.15) is 37.6 Å². The second-order valence-corrected chi connectivity index (χ2v) is 7.34. The van der Waals surface area contributed by atoms with E-state index in [1.54, 1.807) is 0 Å². The van der Waals surface area contributed by atoms with Crippen molar-refractivity contribution in [2.45, 2.75) is 39.2 Å². The number of pyridine rings is 1. The van der Waals surface area contributed by atoms with Crippen LogP contribution in [0, 0.1) is 23.7 Å². The summed E-state index contributed by atoms with van der Waals surface area (Å²) in [4.78, 5) is 6.96. The number of anilines is 3. The Hall–Kier alpha value is -2.92. The fourth-order valence-corrected chi connectivity index (χ4v) is 3.19. The van der Waals surface area contributed by atoms with Crippen LogP contribution >= 0.6 is 0 Å². The van der Waals surface area contributed by atoms with Crippen LogP contribution in [0.4, 0.5) is 17.5 Å². The fourth-order valence-electron chi connectivity index (χ4n) is 3.19. The van der Waals surface area contributed by atoms with Crippen LogP contribution in [-0.4, -0.2) is 47.2 Å². The average molecular weight is 367 g/mol. The van der Waals surface area contributed by atoms with E-state index in [0.717, 1.165) is 23.6 Å². The highest BCUT2D eigenvalue weighted by molar-refractivity contribution is 5.89. The summed E-state index contributed by atoms with van der Waals surface area (Å²) in [6, 6.07) is 6.32. The Bertz CT molecular complexity index is 881. The highest BCUT2D eigenvalue weighted by Gasteiger charge is 2.29. The quantitative estimate of drug-likeness (QED) is 0.700. The van der Waals surface area contributed by atoms with Crippen LogP contribution < -0.4 is 10.2 Å². The van der Waals surface area contributed by atoms with E-state index in [-0.39, 0.29) is 6.04 Å². The summed E-state index contributed by atoms with van der Waals surface area (Å²) in [5.74, 6) is 1.99. The number of aryl methyl sites for hydroxylation is 1. The molecule has 0 amide bonds. The first kappa shape index (κ1) is 18.9. The molecule has 0 saturated carbocycles. The van der Waals surface area contributed by atoms with Crippen molar-refractivity contribution in [3.8, 4) is 6.07 Å². The summed E-state index contributed by atoms with van der Waals surface area (Å²) in [5.41, 5.74) is 1.45. The standard InChI is InChI=1S/C19H25N7O/c1-12-7-16(25-24-12)22-18-14(9-20)15(19(3,4)11-21)8-17(23-18)26-5-6-27-10-13(26)2/h7-9,13,20H,5-6,10H2,1-4H3,(H2,22,23,24,25)/t13-/m1/s1. The normalized spacial score (nSPS) is 17.4. The number of H-pyrrole nitrogens is 1. The van der Waals surface area contributed by atoms with E-state index in [0.29, 0.717) is 30.4 Å². The van der Waals surface area contributed by atoms with E-state index >= 15 is 0 Å². The van der Waals surface area contributed by atoms with Gasteiger partial charge in [-0.05, 0) is 39.3 Å². The molecule has 3 heterocycles. The summed E-state index contributed by atoms with van der Waals surface area (Å²) >= 11 is 0. The van der Waals surface area contributed by atoms with Gasteiger partial charge in [0.25, 0.3) is 0 Å². The number of nitriles is 1. The van der Waals surface area contributed by atoms with Crippen LogP contribution in [0.2, 0.25) is 0 Å². The minimum atomic E-state index is -0.763. The Morgan fingerprint density at radius 2 is 2.26 bits per heavy atom. The number of nitrogens with one attached hydrogen (secondary N) is 3. The monoisotopic (exact) mass is 367 g/mol. The molecule has 0 radical (unpaired) electrons. The highest BCUT2D eigenvalue weighted by atomic mass is 16.5. The molecule has 1 fully saturated rings. The molecule has 3 N–H and O–H groups in total. The number of hydrogen-bond donors (Lipinski definition) is 3. The summed E-state index contributed by atoms with van der Waals surface area (Å²) in [6.07, 6.45) is 1.25. The van der Waals surface area contributed by atoms with Crippen molar-refractivity contribution in [1.82, 2.24) is 15.2 Å². The van der Waals surface area contributed by atoms with Crippen molar-refractivity contribution < 1.29 is 4.74 Å². The Balaban J connectivity index is 2.14. The zero-order valence-corrected chi connectivity index (χ0v) is 16.1. The van der Waals surface area contributed by atoms with Crippen molar-refractivity contribution >= 4 is 23.7 Å². The number of ether oxygens (including phenoxy) is 1. The molecule has 1 aliphatic rings. The lowest BCUT2D eigenvalue weighted by atomic mass is 9.83. The number of rotatable bonds is 5. The van der Waals surface area contributed by atoms with Gasteiger partial charge in [-0.3, -0.25) is 5.10 Å². The lowest BCUT2D eigenvalue weighted by molar-refractivity contribution is 0.0985. The molecule has 1 atom stereocenters. The van der Waals surface area contributed by atoms with Gasteiger partial charge >= 0.3 is 0 Å². The molecule has 3 rings (SSSR count). The number of hydrogen-bond acceptors (Lipinski definition) is 7. The number of aromatic amines is 1. The predicted molar refractivity (Wildman–Crippen MR) is 105 cm³/mol. The second kappa shape index (κ2) is 7.37. The molecule has 0 spiro atoms. The first-order chi connectivity index (χ1) is 12.9. The predicted octanol–water partition coefficient (Wildman–Crippen LogP) is 2.88. The van der Waals surface area contributed by atoms with Gasteiger partial charge in [-0.2, -0.15) is 10.4 Å². The molecule has 1 aliphatic heterocycles. The van der Waals surface area contributed by atoms with E-state index in [9.17, 15) is 5.26 Å². The lowest BCUT2D eigenvalue weighted by Crippen LogP contribution is -2.44. The van der Waals surface area contributed by atoms with Crippen molar-refractivity contribution in [3.05, 3.63) is 29.0 Å². The zero-order chi connectivity index (χ0) is 19.6. The largest absolute Gasteiger partial charge is 0.377 e. The van der Waals surface area contributed by atoms with E-state index < -0.39 is 5.41 Å². The third-order valence-corrected chi connectivity index (χ3v) is 4.76. The van der Waals surface area contributed by atoms with Gasteiger partial charge in [0.2, 0.25) is 0 Å². The van der Waals surface area contributed by atoms with Crippen LogP contribution in [0.15, 0.2) is 12.1 Å². The van der Waals surface area contributed by atoms with Crippen LogP contribution in [0.25, 0.3) is 0 Å². The van der Waals surface area contributed by atoms with Crippen molar-refractivity contribution in [1.29, 1.82) is 10.7 Å². The molecule has 8 nitrogen and oxygen atoms in total. The Morgan fingerprint density at radius 1 is 1.48 bits per heavy atom. The highest BCUT2D eigenvalue weighted by Crippen LogP contribution is 2.34. The van der Waals surface area contributed by atoms with Gasteiger partial charge in [0.05, 0.1) is 36.4 Å². The summed E-state index contributed by atoms with van der Waals surface area (Å²) in [5, 5.41) is 27.9. The maximum absolute atomic E-state index is 9.69. The van der Waals surface area contributed by atoms with Gasteiger partial charge in [0.15, 0.2) is 0 Å². The fraction of sp³-hybridized carbons (Fsp3) is 0.474. The van der Waals surface area contributed by atoms with E-state index in [4.69, 9.17) is 15.1 Å². The molecular weight excluding hydrogens is 342 g/mol. The third-order valence-electron chi connectivity index (χ3n) is 4.76. The topological polar surface area (TPSA) is 114 Å². The maximum Gasteiger partial charge on any atom is 0.143 e. The number of morpholine rings is 1. The number of nitrogens with zero attached hydrogens (tertiary/aromatic N) is 4. The van der Waals surface area contributed by atoms with Crippen molar-refractivity contribution in [2.75, 3.05) is 30.0 Å². The van der Waals surface area contributed by atoms with Crippen LogP contribution in [0.3, 0.4) is 0 Å². The molecule has 8 heteroatoms. The van der Waals surface area contributed by atoms with Gasteiger partial charge < -0.3 is 20.4 Å². The van der Waals surface area contributed by atoms with Crippen LogP contribution in [-0.2, 0) is 10.2 Å². The summed E-state index contributed by atoms with van der Waals surface area (Å²) in [6.45, 7) is 9.69. The van der Waals surface area contributed by atoms with Gasteiger partial charge in [-0.25, -0.2) is 4.98 Å². The molecule has 0 bridgehead atoms. The van der Waals surface area contributed by atoms with Crippen molar-refractivity contribution in [2.24, 2.45) is 0 Å². The zero-order valence-electron chi connectivity index (χ0n) is 16.1. The third kappa shape index (κ3) is 3.78. The molecule has 142 valence electrons. The van der Waals surface area contributed by atoms with E-state index in [1.807, 2.05) is 32.9 Å². The van der Waals surface area contributed by atoms with E-state index in [1.165, 1.54) is 6.21 Å². The Labute approximate surface area is 159 Å². The molecule has 2 aromatic rings. The Morgan fingerprint density at radius 3 is 2.85 bits per heavy atom. The van der Waals surface area contributed by atoms with Gasteiger partial charge in [0, 0.05) is 24.4 Å². The van der Waals surface area contributed by atoms with Crippen LogP contribution in [0.5, 0.6) is 0 Å². The second-order valence-electron chi connectivity index (χ2n) is 7.34. The molecule has 2 aromatic heterocycles. The summed E-state index contributed by atoms with van der Waals surface area (Å²) in [7, 11) is 0. The molecule has 0 unspecified atom stereocenters. The minimum absolute atomic E-state index is 0.178. The average Bonchev–Trinajstić information content (AvgIpc) is 3.06. The molecule has 0 aliphatic carbocycles. The summed E-state index contributed by atoms with van der Waals surface area (Å²) < 4.78 is 5.54. The van der Waals surface area contributed by atoms with E-state index in [2.05, 4.69) is 33.4 Å². The Kier molecular flexibility index (Phi) is 5.15. The van der Waals surface area contributed by atoms with Gasteiger partial charge in [-0.1, -0.05) is 0 Å². The first-order valence-corrected chi connectivity index (χ1v) is 8.96. The molecule has 0 aromatic carbocycles. The van der Waals surface area contributed by atoms with Crippen molar-refractivity contribution in [3.63, 3.8) is 0 Å². The molecule has 1 saturated heterocycles. The number of aromatic nitrogens is 3. The maximum atomic E-state index is 9.69. The first-order valence-electron chi connectivity index (χ1n) is 8.96. The minimum Gasteiger partial charge on any atom is -0.377 e. The molecule has 27 heavy (non-hydrogen) atoms. The lowest BCUT2D eigenvalue weighted by Gasteiger charge is -2.35. The molecular formula is C19H25N7O. The smallest absolute Gasteiger partial charge is 0.143 e. The van der Waals surface area contributed by atoms with Gasteiger partial charge in [-0.15, -0.1) is 0 Å².